The molecule has 0 bridgehead atoms. The van der Waals surface area contributed by atoms with Crippen LogP contribution in [0, 0.1) is 6.92 Å². The van der Waals surface area contributed by atoms with Crippen LogP contribution >= 0.6 is 11.3 Å². The van der Waals surface area contributed by atoms with Gasteiger partial charge in [0, 0.05) is 6.42 Å². The Balaban J connectivity index is 1.76. The molecule has 0 radical (unpaired) electrons. The average Bonchev–Trinajstić information content (AvgIpc) is 3.04. The van der Waals surface area contributed by atoms with Gasteiger partial charge in [-0.3, -0.25) is 9.59 Å². The van der Waals surface area contributed by atoms with Gasteiger partial charge in [-0.15, -0.1) is 11.3 Å². The van der Waals surface area contributed by atoms with E-state index in [0.29, 0.717) is 27.1 Å². The molecule has 8 heteroatoms. The number of carbonyl (C=O) groups excluding carboxylic acids is 2. The van der Waals surface area contributed by atoms with Crippen LogP contribution < -0.4 is 5.56 Å². The molecule has 1 N–H and O–H groups in total. The largest absolute Gasteiger partial charge is 0.462 e. The summed E-state index contributed by atoms with van der Waals surface area (Å²) in [6.07, 6.45) is 0.0813. The first-order valence-corrected chi connectivity index (χ1v) is 10.2. The van der Waals surface area contributed by atoms with Gasteiger partial charge in [0.25, 0.3) is 5.56 Å². The molecule has 1 aromatic carbocycles. The molecule has 0 aliphatic carbocycles. The van der Waals surface area contributed by atoms with E-state index in [1.54, 1.807) is 20.8 Å². The van der Waals surface area contributed by atoms with Gasteiger partial charge >= 0.3 is 11.9 Å². The standard InChI is InChI=1S/C21H22N2O5S/c1-4-27-21(26)17-12(2)16-19(25)22-18(23-20(16)29-17)13(3)28-15(24)11-10-14-8-6-5-7-9-14/h5-9,13H,4,10-11H2,1-3H3,(H,22,23,25)/t13-/m1/s1. The summed E-state index contributed by atoms with van der Waals surface area (Å²) in [4.78, 5) is 44.6. The number of nitrogens with zero attached hydrogens (tertiary/aromatic N) is 1. The molecule has 0 saturated heterocycles. The molecule has 0 spiro atoms. The third kappa shape index (κ3) is 4.71. The summed E-state index contributed by atoms with van der Waals surface area (Å²) >= 11 is 1.10. The summed E-state index contributed by atoms with van der Waals surface area (Å²) in [6, 6.07) is 9.65. The fourth-order valence-corrected chi connectivity index (χ4v) is 4.03. The van der Waals surface area contributed by atoms with E-state index in [0.717, 1.165) is 16.9 Å². The maximum absolute atomic E-state index is 12.5. The van der Waals surface area contributed by atoms with Crippen LogP contribution in [0.3, 0.4) is 0 Å². The monoisotopic (exact) mass is 414 g/mol. The van der Waals surface area contributed by atoms with Gasteiger partial charge in [-0.25, -0.2) is 9.78 Å². The van der Waals surface area contributed by atoms with Crippen molar-refractivity contribution in [2.75, 3.05) is 6.61 Å². The predicted molar refractivity (Wildman–Crippen MR) is 110 cm³/mol. The van der Waals surface area contributed by atoms with Crippen molar-refractivity contribution in [1.82, 2.24) is 9.97 Å². The molecule has 0 saturated carbocycles. The van der Waals surface area contributed by atoms with E-state index in [4.69, 9.17) is 9.47 Å². The number of ether oxygens (including phenoxy) is 2. The number of nitrogens with one attached hydrogen (secondary N) is 1. The number of rotatable bonds is 7. The number of carbonyl (C=O) groups is 2. The minimum Gasteiger partial charge on any atom is -0.462 e. The molecule has 0 unspecified atom stereocenters. The summed E-state index contributed by atoms with van der Waals surface area (Å²) < 4.78 is 10.5. The molecule has 3 rings (SSSR count). The van der Waals surface area contributed by atoms with Gasteiger partial charge in [-0.05, 0) is 38.3 Å². The number of benzene rings is 1. The van der Waals surface area contributed by atoms with Crippen LogP contribution in [-0.4, -0.2) is 28.5 Å². The van der Waals surface area contributed by atoms with Crippen LogP contribution in [0.5, 0.6) is 0 Å². The van der Waals surface area contributed by atoms with E-state index in [2.05, 4.69) is 9.97 Å². The van der Waals surface area contributed by atoms with E-state index in [9.17, 15) is 14.4 Å². The van der Waals surface area contributed by atoms with Gasteiger partial charge in [0.15, 0.2) is 11.9 Å². The van der Waals surface area contributed by atoms with E-state index in [1.807, 2.05) is 30.3 Å². The molecule has 0 fully saturated rings. The summed E-state index contributed by atoms with van der Waals surface area (Å²) in [7, 11) is 0. The first-order valence-electron chi connectivity index (χ1n) is 9.34. The molecule has 0 aliphatic heterocycles. The van der Waals surface area contributed by atoms with Crippen LogP contribution in [0.2, 0.25) is 0 Å². The lowest BCUT2D eigenvalue weighted by Gasteiger charge is -2.12. The number of hydrogen-bond acceptors (Lipinski definition) is 7. The van der Waals surface area contributed by atoms with Crippen molar-refractivity contribution >= 4 is 33.5 Å². The summed E-state index contributed by atoms with van der Waals surface area (Å²) in [5, 5.41) is 0.351. The highest BCUT2D eigenvalue weighted by molar-refractivity contribution is 7.20. The minimum absolute atomic E-state index is 0.228. The lowest BCUT2D eigenvalue weighted by molar-refractivity contribution is -0.148. The SMILES string of the molecule is CCOC(=O)c1sc2nc([C@@H](C)OC(=O)CCc3ccccc3)[nH]c(=O)c2c1C. The Hall–Kier alpha value is -3.00. The van der Waals surface area contributed by atoms with Crippen molar-refractivity contribution in [1.29, 1.82) is 0 Å². The molecule has 152 valence electrons. The number of hydrogen-bond donors (Lipinski definition) is 1. The number of aromatic amines is 1. The summed E-state index contributed by atoms with van der Waals surface area (Å²) in [5.41, 5.74) is 1.21. The lowest BCUT2D eigenvalue weighted by Crippen LogP contribution is -2.17. The van der Waals surface area contributed by atoms with Crippen molar-refractivity contribution in [2.45, 2.75) is 39.7 Å². The summed E-state index contributed by atoms with van der Waals surface area (Å²) in [6.45, 7) is 5.31. The number of esters is 2. The fraction of sp³-hybridized carbons (Fsp3) is 0.333. The van der Waals surface area contributed by atoms with Gasteiger partial charge in [-0.1, -0.05) is 30.3 Å². The third-order valence-corrected chi connectivity index (χ3v) is 5.60. The van der Waals surface area contributed by atoms with Crippen molar-refractivity contribution in [3.05, 3.63) is 62.5 Å². The lowest BCUT2D eigenvalue weighted by atomic mass is 10.1. The molecule has 2 aromatic heterocycles. The molecule has 3 aromatic rings. The number of thiophene rings is 1. The van der Waals surface area contributed by atoms with Gasteiger partial charge in [0.05, 0.1) is 12.0 Å². The second kappa shape index (κ2) is 9.00. The molecule has 2 heterocycles. The Kier molecular flexibility index (Phi) is 6.43. The number of fused-ring (bicyclic) bond motifs is 1. The van der Waals surface area contributed by atoms with Crippen LogP contribution in [0.1, 0.15) is 53.0 Å². The van der Waals surface area contributed by atoms with Crippen LogP contribution in [0.4, 0.5) is 0 Å². The number of aromatic nitrogens is 2. The van der Waals surface area contributed by atoms with E-state index in [-0.39, 0.29) is 30.4 Å². The Bertz CT molecular complexity index is 1090. The van der Waals surface area contributed by atoms with Crippen LogP contribution in [0.15, 0.2) is 35.1 Å². The second-order valence-electron chi connectivity index (χ2n) is 6.53. The third-order valence-electron chi connectivity index (χ3n) is 4.43. The molecule has 0 amide bonds. The molecule has 0 aliphatic rings. The summed E-state index contributed by atoms with van der Waals surface area (Å²) in [5.74, 6) is -0.611. The highest BCUT2D eigenvalue weighted by atomic mass is 32.1. The zero-order valence-electron chi connectivity index (χ0n) is 16.5. The quantitative estimate of drug-likeness (QED) is 0.592. The van der Waals surface area contributed by atoms with E-state index < -0.39 is 12.1 Å². The number of aryl methyl sites for hydroxylation is 2. The van der Waals surface area contributed by atoms with Crippen molar-refractivity contribution in [3.8, 4) is 0 Å². The minimum atomic E-state index is -0.719. The Morgan fingerprint density at radius 2 is 1.97 bits per heavy atom. The fourth-order valence-electron chi connectivity index (χ4n) is 2.95. The van der Waals surface area contributed by atoms with E-state index >= 15 is 0 Å². The van der Waals surface area contributed by atoms with Crippen LogP contribution in [0.25, 0.3) is 10.2 Å². The molecular formula is C21H22N2O5S. The maximum Gasteiger partial charge on any atom is 0.348 e. The average molecular weight is 414 g/mol. The van der Waals surface area contributed by atoms with Crippen molar-refractivity contribution in [2.24, 2.45) is 0 Å². The van der Waals surface area contributed by atoms with Gasteiger partial charge in [0.1, 0.15) is 9.71 Å². The second-order valence-corrected chi connectivity index (χ2v) is 7.52. The van der Waals surface area contributed by atoms with Gasteiger partial charge in [0.2, 0.25) is 0 Å². The Morgan fingerprint density at radius 3 is 2.66 bits per heavy atom. The smallest absolute Gasteiger partial charge is 0.348 e. The number of H-pyrrole nitrogens is 1. The van der Waals surface area contributed by atoms with Crippen molar-refractivity contribution in [3.63, 3.8) is 0 Å². The maximum atomic E-state index is 12.5. The normalized spacial score (nSPS) is 12.0. The Morgan fingerprint density at radius 1 is 1.24 bits per heavy atom. The first-order chi connectivity index (χ1) is 13.9. The molecule has 29 heavy (non-hydrogen) atoms. The van der Waals surface area contributed by atoms with Crippen molar-refractivity contribution < 1.29 is 19.1 Å². The zero-order valence-corrected chi connectivity index (χ0v) is 17.3. The van der Waals surface area contributed by atoms with Crippen LogP contribution in [-0.2, 0) is 20.7 Å². The predicted octanol–water partition coefficient (Wildman–Crippen LogP) is 3.71. The molecule has 1 atom stereocenters. The Labute approximate surface area is 171 Å². The highest BCUT2D eigenvalue weighted by Crippen LogP contribution is 2.28. The van der Waals surface area contributed by atoms with E-state index in [1.165, 1.54) is 0 Å². The van der Waals surface area contributed by atoms with Gasteiger partial charge in [-0.2, -0.15) is 0 Å². The molecular weight excluding hydrogens is 392 g/mol. The topological polar surface area (TPSA) is 98.3 Å². The van der Waals surface area contributed by atoms with Gasteiger partial charge < -0.3 is 14.5 Å². The first kappa shape index (κ1) is 20.7. The molecule has 7 nitrogen and oxygen atoms in total. The highest BCUT2D eigenvalue weighted by Gasteiger charge is 2.22. The zero-order chi connectivity index (χ0) is 21.0.